The molecule has 2 aromatic rings. The van der Waals surface area contributed by atoms with Crippen LogP contribution in [-0.4, -0.2) is 25.2 Å². The summed E-state index contributed by atoms with van der Waals surface area (Å²) in [5, 5.41) is 20.5. The van der Waals surface area contributed by atoms with Gasteiger partial charge in [-0.05, 0) is 68.4 Å². The van der Waals surface area contributed by atoms with Crippen LogP contribution in [0.4, 0.5) is 0 Å². The van der Waals surface area contributed by atoms with Gasteiger partial charge < -0.3 is 9.67 Å². The van der Waals surface area contributed by atoms with Crippen LogP contribution in [0.2, 0.25) is 0 Å². The van der Waals surface area contributed by atoms with E-state index in [-0.39, 0.29) is 5.76 Å². The summed E-state index contributed by atoms with van der Waals surface area (Å²) in [7, 11) is 1.90. The second kappa shape index (κ2) is 6.31. The van der Waals surface area contributed by atoms with E-state index in [1.807, 2.05) is 47.6 Å². The van der Waals surface area contributed by atoms with Crippen LogP contribution in [0.1, 0.15) is 44.3 Å². The van der Waals surface area contributed by atoms with Crippen LogP contribution >= 0.6 is 11.8 Å². The van der Waals surface area contributed by atoms with E-state index in [0.717, 1.165) is 28.8 Å². The Morgan fingerprint density at radius 2 is 1.85 bits per heavy atom. The maximum absolute atomic E-state index is 10.8. The molecule has 1 heterocycles. The van der Waals surface area contributed by atoms with Crippen molar-refractivity contribution in [2.45, 2.75) is 43.3 Å². The first kappa shape index (κ1) is 17.2. The number of hydrogen-bond donors (Lipinski definition) is 1. The van der Waals surface area contributed by atoms with E-state index in [1.165, 1.54) is 38.5 Å². The van der Waals surface area contributed by atoms with Crippen LogP contribution in [0.5, 0.6) is 0 Å². The highest BCUT2D eigenvalue weighted by Crippen LogP contribution is 2.60. The number of aliphatic hydroxyl groups is 1. The Kier molecular flexibility index (Phi) is 4.01. The van der Waals surface area contributed by atoms with Gasteiger partial charge in [-0.3, -0.25) is 0 Å². The van der Waals surface area contributed by atoms with Gasteiger partial charge in [-0.1, -0.05) is 12.1 Å². The molecule has 5 heteroatoms. The maximum atomic E-state index is 10.8. The molecule has 4 bridgehead atoms. The molecule has 4 saturated carbocycles. The zero-order valence-electron chi connectivity index (χ0n) is 15.7. The Morgan fingerprint density at radius 3 is 2.44 bits per heavy atom. The molecule has 4 nitrogen and oxygen atoms in total. The summed E-state index contributed by atoms with van der Waals surface area (Å²) in [6.07, 6.45) is 8.15. The number of allylic oxidation sites excluding steroid dienone is 1. The molecule has 0 amide bonds. The Labute approximate surface area is 164 Å². The van der Waals surface area contributed by atoms with Crippen molar-refractivity contribution in [3.8, 4) is 6.07 Å². The molecule has 27 heavy (non-hydrogen) atoms. The lowest BCUT2D eigenvalue weighted by Crippen LogP contribution is -2.48. The number of hydrogen-bond acceptors (Lipinski definition) is 4. The third-order valence-electron chi connectivity index (χ3n) is 6.91. The van der Waals surface area contributed by atoms with Crippen LogP contribution in [-0.2, 0) is 7.05 Å². The lowest BCUT2D eigenvalue weighted by atomic mass is 9.56. The number of nitriles is 1. The fraction of sp³-hybridized carbons (Fsp3) is 0.545. The Bertz CT molecular complexity index is 932. The van der Waals surface area contributed by atoms with E-state index in [1.54, 1.807) is 0 Å². The number of aryl methyl sites for hydroxylation is 1. The van der Waals surface area contributed by atoms with Crippen LogP contribution in [0.25, 0.3) is 16.6 Å². The minimum atomic E-state index is 0.177. The molecular weight excluding hydrogens is 354 g/mol. The van der Waals surface area contributed by atoms with Crippen molar-refractivity contribution in [1.29, 1.82) is 5.26 Å². The Balaban J connectivity index is 1.41. The zero-order chi connectivity index (χ0) is 18.6. The number of para-hydroxylation sites is 2. The SMILES string of the molecule is Cn1c(/C(C#N)=C(\O)CSC23CC4CC(CC(C4)C2)C3)nc2ccccc21. The average Bonchev–Trinajstić information content (AvgIpc) is 2.97. The Hall–Kier alpha value is -1.93. The van der Waals surface area contributed by atoms with Crippen molar-refractivity contribution in [3.05, 3.63) is 35.8 Å². The molecule has 0 radical (unpaired) electrons. The standard InChI is InChI=1S/C22H25N3OS/c1-25-19-5-3-2-4-18(19)24-21(25)17(12-23)20(26)13-27-22-9-14-6-15(10-22)8-16(7-14)11-22/h2-5,14-16,26H,6-11,13H2,1H3/b20-17-. The minimum absolute atomic E-state index is 0.177. The molecule has 0 spiro atoms. The molecule has 4 aliphatic rings. The predicted octanol–water partition coefficient (Wildman–Crippen LogP) is 5.07. The molecule has 0 unspecified atom stereocenters. The summed E-state index contributed by atoms with van der Waals surface area (Å²) in [6.45, 7) is 0. The number of thioether (sulfide) groups is 1. The van der Waals surface area contributed by atoms with Gasteiger partial charge in [0.2, 0.25) is 0 Å². The summed E-state index contributed by atoms with van der Waals surface area (Å²) in [4.78, 5) is 4.59. The smallest absolute Gasteiger partial charge is 0.155 e. The van der Waals surface area contributed by atoms with Crippen molar-refractivity contribution in [3.63, 3.8) is 0 Å². The van der Waals surface area contributed by atoms with Gasteiger partial charge in [0.1, 0.15) is 17.4 Å². The predicted molar refractivity (Wildman–Crippen MR) is 109 cm³/mol. The van der Waals surface area contributed by atoms with Crippen molar-refractivity contribution in [1.82, 2.24) is 9.55 Å². The van der Waals surface area contributed by atoms with Gasteiger partial charge in [-0.25, -0.2) is 4.98 Å². The van der Waals surface area contributed by atoms with Crippen molar-refractivity contribution < 1.29 is 5.11 Å². The number of rotatable bonds is 4. The zero-order valence-corrected chi connectivity index (χ0v) is 16.5. The largest absolute Gasteiger partial charge is 0.510 e. The second-order valence-corrected chi connectivity index (χ2v) is 10.2. The first-order chi connectivity index (χ1) is 13.1. The van der Waals surface area contributed by atoms with Gasteiger partial charge in [0.05, 0.1) is 16.8 Å². The van der Waals surface area contributed by atoms with Crippen LogP contribution in [0, 0.1) is 29.1 Å². The van der Waals surface area contributed by atoms with Gasteiger partial charge in [0.15, 0.2) is 5.82 Å². The van der Waals surface area contributed by atoms with E-state index in [4.69, 9.17) is 0 Å². The third-order valence-corrected chi connectivity index (χ3v) is 8.44. The highest BCUT2D eigenvalue weighted by molar-refractivity contribution is 8.00. The number of aliphatic hydroxyl groups excluding tert-OH is 1. The third kappa shape index (κ3) is 2.86. The lowest BCUT2D eigenvalue weighted by Gasteiger charge is -2.56. The van der Waals surface area contributed by atoms with Crippen molar-refractivity contribution in [2.24, 2.45) is 24.8 Å². The topological polar surface area (TPSA) is 61.8 Å². The fourth-order valence-corrected chi connectivity index (χ4v) is 7.76. The molecule has 1 N–H and O–H groups in total. The first-order valence-corrected chi connectivity index (χ1v) is 10.9. The van der Waals surface area contributed by atoms with E-state index >= 15 is 0 Å². The maximum Gasteiger partial charge on any atom is 0.155 e. The molecule has 0 saturated heterocycles. The molecule has 4 fully saturated rings. The summed E-state index contributed by atoms with van der Waals surface area (Å²) < 4.78 is 2.23. The van der Waals surface area contributed by atoms with Crippen LogP contribution < -0.4 is 0 Å². The highest BCUT2D eigenvalue weighted by Gasteiger charge is 2.51. The van der Waals surface area contributed by atoms with E-state index in [2.05, 4.69) is 11.1 Å². The average molecular weight is 380 g/mol. The lowest BCUT2D eigenvalue weighted by molar-refractivity contribution is 0.0383. The molecule has 6 rings (SSSR count). The first-order valence-electron chi connectivity index (χ1n) is 9.95. The highest BCUT2D eigenvalue weighted by atomic mass is 32.2. The molecule has 4 aliphatic carbocycles. The molecular formula is C22H25N3OS. The van der Waals surface area contributed by atoms with Crippen molar-refractivity contribution in [2.75, 3.05) is 5.75 Å². The second-order valence-electron chi connectivity index (χ2n) is 8.81. The molecule has 0 aliphatic heterocycles. The van der Waals surface area contributed by atoms with E-state index in [9.17, 15) is 10.4 Å². The van der Waals surface area contributed by atoms with Gasteiger partial charge >= 0.3 is 0 Å². The molecule has 0 atom stereocenters. The van der Waals surface area contributed by atoms with Crippen molar-refractivity contribution >= 4 is 28.4 Å². The Morgan fingerprint density at radius 1 is 1.22 bits per heavy atom. The number of fused-ring (bicyclic) bond motifs is 1. The summed E-state index contributed by atoms with van der Waals surface area (Å²) in [5.74, 6) is 3.93. The van der Waals surface area contributed by atoms with E-state index in [0.29, 0.717) is 21.9 Å². The van der Waals surface area contributed by atoms with Gasteiger partial charge in [-0.15, -0.1) is 11.8 Å². The monoisotopic (exact) mass is 379 g/mol. The van der Waals surface area contributed by atoms with E-state index < -0.39 is 0 Å². The van der Waals surface area contributed by atoms with Gasteiger partial charge in [0.25, 0.3) is 0 Å². The van der Waals surface area contributed by atoms with Crippen LogP contribution in [0.3, 0.4) is 0 Å². The summed E-state index contributed by atoms with van der Waals surface area (Å²) >= 11 is 1.90. The number of benzene rings is 1. The minimum Gasteiger partial charge on any atom is -0.510 e. The summed E-state index contributed by atoms with van der Waals surface area (Å²) in [5.41, 5.74) is 2.14. The summed E-state index contributed by atoms with van der Waals surface area (Å²) in [6, 6.07) is 10.0. The molecule has 1 aromatic carbocycles. The quantitative estimate of drug-likeness (QED) is 0.595. The van der Waals surface area contributed by atoms with Crippen LogP contribution in [0.15, 0.2) is 30.0 Å². The molecule has 140 valence electrons. The van der Waals surface area contributed by atoms with Gasteiger partial charge in [-0.2, -0.15) is 5.26 Å². The number of imidazole rings is 1. The fourth-order valence-electron chi connectivity index (χ4n) is 6.11. The number of nitrogens with zero attached hydrogens (tertiary/aromatic N) is 3. The number of aromatic nitrogens is 2. The normalized spacial score (nSPS) is 32.5. The van der Waals surface area contributed by atoms with Gasteiger partial charge in [0, 0.05) is 11.8 Å². The molecule has 1 aromatic heterocycles.